The van der Waals surface area contributed by atoms with Crippen molar-refractivity contribution in [2.45, 2.75) is 409 Å². The second-order valence-electron chi connectivity index (χ2n) is 41.4. The fourth-order valence-electron chi connectivity index (χ4n) is 19.6. The number of hydrogen-bond donors (Lipinski definition) is 15. The Bertz CT molecular complexity index is 2760. The van der Waals surface area contributed by atoms with Crippen LogP contribution in [0.2, 0.25) is 0 Å². The summed E-state index contributed by atoms with van der Waals surface area (Å²) >= 11 is 0. The first kappa shape index (κ1) is 99.0. The molecular formula is C76H152N12O16. The zero-order chi connectivity index (χ0) is 83.0. The van der Waals surface area contributed by atoms with Crippen molar-refractivity contribution in [3.8, 4) is 6.07 Å². The van der Waals surface area contributed by atoms with Crippen molar-refractivity contribution < 1.29 is 81.5 Å². The van der Waals surface area contributed by atoms with Crippen LogP contribution in [-0.4, -0.2) is 282 Å². The van der Waals surface area contributed by atoms with Crippen LogP contribution in [0.25, 0.3) is 0 Å². The van der Waals surface area contributed by atoms with Crippen LogP contribution in [0.4, 0.5) is 0 Å². The van der Waals surface area contributed by atoms with Crippen LogP contribution >= 0.6 is 0 Å². The van der Waals surface area contributed by atoms with E-state index >= 15 is 0 Å². The average molecular weight is 1490 g/mol. The summed E-state index contributed by atoms with van der Waals surface area (Å²) in [5, 5.41) is 146. The molecule has 0 saturated carbocycles. The topological polar surface area (TPSA) is 419 Å². The molecule has 28 heteroatoms. The molecule has 28 nitrogen and oxygen atoms in total. The van der Waals surface area contributed by atoms with Crippen LogP contribution in [0.3, 0.4) is 0 Å². The third-order valence-corrected chi connectivity index (χ3v) is 21.7. The van der Waals surface area contributed by atoms with E-state index in [-0.39, 0.29) is 60.2 Å². The first-order chi connectivity index (χ1) is 45.6. The van der Waals surface area contributed by atoms with Gasteiger partial charge in [0.15, 0.2) is 5.78 Å². The summed E-state index contributed by atoms with van der Waals surface area (Å²) < 4.78 is 0. The van der Waals surface area contributed by atoms with E-state index in [1.807, 2.05) is 171 Å². The van der Waals surface area contributed by atoms with Crippen LogP contribution in [0.5, 0.6) is 0 Å². The number of rotatable bonds is 8. The fraction of sp³-hybridized carbons (Fsp3) is 0.921. The van der Waals surface area contributed by atoms with E-state index in [2.05, 4.69) is 38.7 Å². The number of hydrogen-bond acceptors (Lipinski definition) is 26. The molecule has 104 heavy (non-hydrogen) atoms. The summed E-state index contributed by atoms with van der Waals surface area (Å²) in [6, 6.07) is 2.57. The number of nitrogens with zero attached hydrogens (tertiary/aromatic N) is 10. The molecule has 7 fully saturated rings. The molecule has 7 aliphatic heterocycles. The number of hydroxylamine groups is 14. The number of carboxylic acid groups (broad SMARTS) is 2. The number of aliphatic hydroxyl groups excluding tert-OH is 1. The van der Waals surface area contributed by atoms with Gasteiger partial charge in [0.2, 0.25) is 0 Å². The van der Waals surface area contributed by atoms with E-state index in [1.54, 1.807) is 27.7 Å². The molecule has 0 aliphatic carbocycles. The van der Waals surface area contributed by atoms with Crippen molar-refractivity contribution >= 4 is 17.7 Å². The molecule has 612 valence electrons. The Balaban J connectivity index is 0.000000607. The van der Waals surface area contributed by atoms with E-state index < -0.39 is 95.2 Å². The summed E-state index contributed by atoms with van der Waals surface area (Å²) in [6.45, 7) is 58.3. The maximum atomic E-state index is 11.5. The minimum absolute atomic E-state index is 0.191. The second-order valence-corrected chi connectivity index (χ2v) is 41.4. The number of aliphatic carboxylic acids is 2. The molecule has 7 heterocycles. The molecular weight excluding hydrogens is 1340 g/mol. The highest BCUT2D eigenvalue weighted by Gasteiger charge is 2.58. The lowest BCUT2D eigenvalue weighted by atomic mass is 9.71. The van der Waals surface area contributed by atoms with E-state index in [9.17, 15) is 66.2 Å². The number of ketones is 1. The van der Waals surface area contributed by atoms with Crippen molar-refractivity contribution in [3.63, 3.8) is 0 Å². The zero-order valence-corrected chi connectivity index (χ0v) is 70.8. The van der Waals surface area contributed by atoms with Crippen LogP contribution in [0, 0.1) is 11.3 Å². The number of nitrogens with two attached hydrogens (primary N) is 2. The second kappa shape index (κ2) is 33.1. The highest BCUT2D eigenvalue weighted by molar-refractivity contribution is 5.85. The van der Waals surface area contributed by atoms with Gasteiger partial charge in [0.25, 0.3) is 0 Å². The van der Waals surface area contributed by atoms with E-state index in [4.69, 9.17) is 32.0 Å². The number of Topliss-reactive ketones (excluding diaryl/α,β-unsaturated/α-hetero) is 1. The number of carbonyl (C=O) groups excluding carboxylic acids is 1. The summed E-state index contributed by atoms with van der Waals surface area (Å²) in [7, 11) is 5.96. The van der Waals surface area contributed by atoms with Gasteiger partial charge < -0.3 is 88.4 Å². The monoisotopic (exact) mass is 1490 g/mol. The van der Waals surface area contributed by atoms with Gasteiger partial charge in [-0.05, 0) is 306 Å². The molecule has 0 aromatic heterocycles. The number of piperidine rings is 7. The quantitative estimate of drug-likeness (QED) is 0.100. The van der Waals surface area contributed by atoms with Gasteiger partial charge in [-0.1, -0.05) is 5.57 Å². The first-order valence-electron chi connectivity index (χ1n) is 36.8. The largest absolute Gasteiger partial charge is 0.480 e. The third kappa shape index (κ3) is 25.8. The highest BCUT2D eigenvalue weighted by Crippen LogP contribution is 2.48. The first-order valence-corrected chi connectivity index (χ1v) is 36.8. The van der Waals surface area contributed by atoms with Crippen molar-refractivity contribution in [1.82, 2.24) is 45.2 Å². The normalized spacial score (nSPS) is 28.2. The minimum Gasteiger partial charge on any atom is -0.480 e. The lowest BCUT2D eigenvalue weighted by Crippen LogP contribution is -2.69. The molecule has 7 aliphatic rings. The van der Waals surface area contributed by atoms with E-state index in [1.165, 1.54) is 48.4 Å². The summed E-state index contributed by atoms with van der Waals surface area (Å²) in [6.07, 6.45) is 8.57. The van der Waals surface area contributed by atoms with Crippen LogP contribution in [-0.2, 0) is 14.4 Å². The standard InChI is InChI=1S/2C12H26N2O2.C11H19NO3.C11H21NO3.C10H19N3O.C10H20N2O3.C10H21NO2/c1-10(2)7-12(15,9-13(5)6)8-11(3,4)14(10)16;1-11(2)8-10(13(5)6-7-15)9-12(3,4)14(11)16;1-10(2)6-8(5-9(13)14)7-11(3,4)12(10)15;1-8(13)11(14)6-9(2,3)12(15)10(4,5)7-11;1-8(2)5-10(12,7-11)6-9(3,4)13(8)14;1-8(2)5-10(11,7(13)14)6-9(3,4)12(8)15;1-8(2)6-10(5,12)7-9(3,4)11(8)13/h15-16H,7-9H2,1-6H3;10,15-16H,6-9H2,1-5H3;5,15H,6-7H2,1-4H3,(H,13,14);14-15H,6-7H2,1-5H3;14H,5-6,12H2,1-4H3;15H,5-6,11H2,1-4H3,(H,13,14);12-13H,6-7H2,1-5H3. The Hall–Kier alpha value is -3.04. The van der Waals surface area contributed by atoms with Gasteiger partial charge in [-0.2, -0.15) is 40.7 Å². The Labute approximate surface area is 626 Å². The summed E-state index contributed by atoms with van der Waals surface area (Å²) in [5.41, 5.74) is 1.82. The van der Waals surface area contributed by atoms with Gasteiger partial charge in [0.05, 0.1) is 23.9 Å². The third-order valence-electron chi connectivity index (χ3n) is 21.7. The van der Waals surface area contributed by atoms with E-state index in [0.29, 0.717) is 70.5 Å². The highest BCUT2D eigenvalue weighted by atomic mass is 16.5. The number of likely N-dealkylation sites (N-methyl/N-ethyl adjacent to an activating group) is 2. The number of carboxylic acids is 2. The molecule has 17 N–H and O–H groups in total. The van der Waals surface area contributed by atoms with Gasteiger partial charge in [-0.3, -0.25) is 9.59 Å². The Morgan fingerprint density at radius 3 is 0.990 bits per heavy atom. The average Bonchev–Trinajstić information content (AvgIpc) is 0.791. The molecule has 0 amide bonds. The van der Waals surface area contributed by atoms with Gasteiger partial charge in [0.1, 0.15) is 16.7 Å². The Kier molecular flexibility index (Phi) is 31.5. The van der Waals surface area contributed by atoms with Crippen LogP contribution in [0.1, 0.15) is 298 Å². The number of nitriles is 1. The number of aliphatic hydroxyl groups is 4. The van der Waals surface area contributed by atoms with Crippen molar-refractivity contribution in [3.05, 3.63) is 11.6 Å². The van der Waals surface area contributed by atoms with Gasteiger partial charge >= 0.3 is 11.9 Å². The minimum atomic E-state index is -1.31. The molecule has 7 rings (SSSR count). The van der Waals surface area contributed by atoms with Crippen LogP contribution < -0.4 is 11.5 Å². The van der Waals surface area contributed by atoms with Gasteiger partial charge in [0, 0.05) is 116 Å². The Morgan fingerprint density at radius 1 is 0.452 bits per heavy atom. The van der Waals surface area contributed by atoms with Crippen LogP contribution in [0.15, 0.2) is 11.6 Å². The van der Waals surface area contributed by atoms with Gasteiger partial charge in [-0.15, -0.1) is 0 Å². The smallest absolute Gasteiger partial charge is 0.328 e. The number of carbonyl (C=O) groups is 3. The molecule has 0 spiro atoms. The van der Waals surface area contributed by atoms with Crippen molar-refractivity contribution in [1.29, 1.82) is 5.26 Å². The maximum absolute atomic E-state index is 11.5. The molecule has 0 atom stereocenters. The molecule has 0 aromatic carbocycles. The van der Waals surface area contributed by atoms with Crippen molar-refractivity contribution in [2.24, 2.45) is 11.5 Å². The SMILES string of the molecule is CC(=O)C1(O)CC(C)(C)N(O)C(C)(C)C1.CC1(C)CC(=CC(=O)O)CC(C)(C)N1O.CC1(C)CC(N)(C#N)CC(C)(C)N1O.CC1(C)CC(N)(C(=O)O)CC(C)(C)N1O.CC1(O)CC(C)(C)N(O)C(C)(C)C1.CN(C)CC1(O)CC(C)(C)N(O)C(C)(C)C1.CN(CCO)C1CC(C)(C)N(O)C(C)(C)C1. The fourth-order valence-corrected chi connectivity index (χ4v) is 19.6. The molecule has 0 bridgehead atoms. The summed E-state index contributed by atoms with van der Waals surface area (Å²) in [5.74, 6) is -2.14. The van der Waals surface area contributed by atoms with E-state index in [0.717, 1.165) is 18.4 Å². The molecule has 0 radical (unpaired) electrons. The zero-order valence-electron chi connectivity index (χ0n) is 70.8. The van der Waals surface area contributed by atoms with Crippen molar-refractivity contribution in [2.75, 3.05) is 40.8 Å². The molecule has 0 aromatic rings. The predicted molar refractivity (Wildman–Crippen MR) is 403 cm³/mol. The van der Waals surface area contributed by atoms with Gasteiger partial charge in [-0.25, -0.2) is 4.79 Å². The lowest BCUT2D eigenvalue weighted by molar-refractivity contribution is -0.275. The summed E-state index contributed by atoms with van der Waals surface area (Å²) in [4.78, 5) is 37.4. The molecule has 7 saturated heterocycles. The Morgan fingerprint density at radius 2 is 0.721 bits per heavy atom. The maximum Gasteiger partial charge on any atom is 0.328 e. The predicted octanol–water partition coefficient (Wildman–Crippen LogP) is 9.87. The lowest BCUT2D eigenvalue weighted by Gasteiger charge is -2.55. The molecule has 0 unspecified atom stereocenters.